The first-order chi connectivity index (χ1) is 10.4. The number of aryl methyl sites for hydroxylation is 1. The minimum atomic E-state index is -3.81. The SMILES string of the molecule is CC(=O)Nc1ccccc1OS(=O)(=O)Cc1cccc(C)c1. The Bertz CT molecular complexity index is 784. The largest absolute Gasteiger partial charge is 0.380 e. The Morgan fingerprint density at radius 3 is 2.55 bits per heavy atom. The third-order valence-corrected chi connectivity index (χ3v) is 3.96. The Labute approximate surface area is 130 Å². The summed E-state index contributed by atoms with van der Waals surface area (Å²) in [6.45, 7) is 3.24. The highest BCUT2D eigenvalue weighted by Gasteiger charge is 2.16. The van der Waals surface area contributed by atoms with Crippen molar-refractivity contribution in [2.45, 2.75) is 19.6 Å². The number of para-hydroxylation sites is 2. The monoisotopic (exact) mass is 319 g/mol. The minimum absolute atomic E-state index is 0.102. The molecule has 0 saturated heterocycles. The number of benzene rings is 2. The molecule has 0 bridgehead atoms. The fourth-order valence-corrected chi connectivity index (χ4v) is 3.07. The standard InChI is InChI=1S/C16H17NO4S/c1-12-6-5-7-14(10-12)11-22(19,20)21-16-9-4-3-8-15(16)17-13(2)18/h3-10H,11H2,1-2H3,(H,17,18). The number of carbonyl (C=O) groups excluding carboxylic acids is 1. The molecule has 0 aromatic heterocycles. The highest BCUT2D eigenvalue weighted by molar-refractivity contribution is 7.86. The lowest BCUT2D eigenvalue weighted by Gasteiger charge is -2.11. The van der Waals surface area contributed by atoms with Crippen molar-refractivity contribution in [3.05, 3.63) is 59.7 Å². The van der Waals surface area contributed by atoms with E-state index in [9.17, 15) is 13.2 Å². The maximum Gasteiger partial charge on any atom is 0.313 e. The molecule has 2 aromatic rings. The molecule has 5 nitrogen and oxygen atoms in total. The number of rotatable bonds is 5. The van der Waals surface area contributed by atoms with Crippen molar-refractivity contribution in [2.24, 2.45) is 0 Å². The minimum Gasteiger partial charge on any atom is -0.380 e. The van der Waals surface area contributed by atoms with E-state index >= 15 is 0 Å². The van der Waals surface area contributed by atoms with Crippen LogP contribution in [0.1, 0.15) is 18.1 Å². The lowest BCUT2D eigenvalue weighted by Crippen LogP contribution is -2.14. The van der Waals surface area contributed by atoms with Crippen molar-refractivity contribution >= 4 is 21.7 Å². The zero-order chi connectivity index (χ0) is 16.2. The molecule has 2 rings (SSSR count). The van der Waals surface area contributed by atoms with Crippen LogP contribution >= 0.6 is 0 Å². The van der Waals surface area contributed by atoms with Crippen LogP contribution in [0.2, 0.25) is 0 Å². The van der Waals surface area contributed by atoms with E-state index in [0.29, 0.717) is 11.3 Å². The van der Waals surface area contributed by atoms with Gasteiger partial charge in [-0.05, 0) is 24.6 Å². The Balaban J connectivity index is 2.20. The van der Waals surface area contributed by atoms with Crippen LogP contribution in [-0.2, 0) is 20.7 Å². The number of hydrogen-bond donors (Lipinski definition) is 1. The molecule has 0 fully saturated rings. The Hall–Kier alpha value is -2.34. The average Bonchev–Trinajstić information content (AvgIpc) is 2.39. The smallest absolute Gasteiger partial charge is 0.313 e. The molecule has 0 atom stereocenters. The number of carbonyl (C=O) groups is 1. The van der Waals surface area contributed by atoms with Gasteiger partial charge in [0.2, 0.25) is 5.91 Å². The van der Waals surface area contributed by atoms with Crippen LogP contribution < -0.4 is 9.50 Å². The van der Waals surface area contributed by atoms with Gasteiger partial charge in [0.15, 0.2) is 5.75 Å². The van der Waals surface area contributed by atoms with Gasteiger partial charge in [0.25, 0.3) is 0 Å². The number of nitrogens with one attached hydrogen (secondary N) is 1. The fourth-order valence-electron chi connectivity index (χ4n) is 2.00. The molecule has 2 aromatic carbocycles. The van der Waals surface area contributed by atoms with Gasteiger partial charge < -0.3 is 9.50 Å². The van der Waals surface area contributed by atoms with Gasteiger partial charge in [-0.15, -0.1) is 0 Å². The molecule has 0 heterocycles. The van der Waals surface area contributed by atoms with Crippen molar-refractivity contribution in [2.75, 3.05) is 5.32 Å². The van der Waals surface area contributed by atoms with Crippen molar-refractivity contribution in [1.82, 2.24) is 0 Å². The Kier molecular flexibility index (Phi) is 4.82. The molecule has 0 radical (unpaired) electrons. The van der Waals surface area contributed by atoms with Crippen molar-refractivity contribution < 1.29 is 17.4 Å². The summed E-state index contributed by atoms with van der Waals surface area (Å²) in [6.07, 6.45) is 0. The van der Waals surface area contributed by atoms with Crippen LogP contribution in [0.4, 0.5) is 5.69 Å². The molecular formula is C16H17NO4S. The summed E-state index contributed by atoms with van der Waals surface area (Å²) in [5.41, 5.74) is 1.95. The van der Waals surface area contributed by atoms with E-state index in [1.807, 2.05) is 13.0 Å². The van der Waals surface area contributed by atoms with Gasteiger partial charge in [0.1, 0.15) is 5.75 Å². The van der Waals surface area contributed by atoms with Gasteiger partial charge >= 0.3 is 10.1 Å². The first-order valence-electron chi connectivity index (χ1n) is 6.70. The van der Waals surface area contributed by atoms with Crippen LogP contribution in [-0.4, -0.2) is 14.3 Å². The molecular weight excluding hydrogens is 302 g/mol. The summed E-state index contributed by atoms with van der Waals surface area (Å²) in [5, 5.41) is 2.54. The molecule has 0 aliphatic rings. The van der Waals surface area contributed by atoms with E-state index in [0.717, 1.165) is 5.56 Å². The lowest BCUT2D eigenvalue weighted by atomic mass is 10.2. The van der Waals surface area contributed by atoms with Crippen molar-refractivity contribution in [1.29, 1.82) is 0 Å². The third kappa shape index (κ3) is 4.60. The average molecular weight is 319 g/mol. The van der Waals surface area contributed by atoms with E-state index in [1.54, 1.807) is 36.4 Å². The highest BCUT2D eigenvalue weighted by atomic mass is 32.2. The number of amides is 1. The molecule has 1 amide bonds. The third-order valence-electron chi connectivity index (χ3n) is 2.84. The van der Waals surface area contributed by atoms with E-state index in [4.69, 9.17) is 4.18 Å². The van der Waals surface area contributed by atoms with Gasteiger partial charge in [-0.2, -0.15) is 8.42 Å². The van der Waals surface area contributed by atoms with E-state index in [2.05, 4.69) is 5.32 Å². The van der Waals surface area contributed by atoms with E-state index < -0.39 is 10.1 Å². The topological polar surface area (TPSA) is 72.5 Å². The summed E-state index contributed by atoms with van der Waals surface area (Å²) in [7, 11) is -3.81. The van der Waals surface area contributed by atoms with Crippen LogP contribution in [0, 0.1) is 6.92 Å². The second-order valence-corrected chi connectivity index (χ2v) is 6.52. The molecule has 22 heavy (non-hydrogen) atoms. The van der Waals surface area contributed by atoms with Gasteiger partial charge in [-0.25, -0.2) is 0 Å². The second kappa shape index (κ2) is 6.62. The number of hydrogen-bond acceptors (Lipinski definition) is 4. The molecule has 0 saturated carbocycles. The Morgan fingerprint density at radius 1 is 1.14 bits per heavy atom. The first kappa shape index (κ1) is 16.0. The maximum absolute atomic E-state index is 12.2. The fraction of sp³-hybridized carbons (Fsp3) is 0.188. The van der Waals surface area contributed by atoms with Crippen LogP contribution in [0.15, 0.2) is 48.5 Å². The normalized spacial score (nSPS) is 11.0. The summed E-state index contributed by atoms with van der Waals surface area (Å²) in [5.74, 6) is -0.430. The molecule has 1 N–H and O–H groups in total. The quantitative estimate of drug-likeness (QED) is 0.860. The Morgan fingerprint density at radius 2 is 1.86 bits per heavy atom. The molecule has 0 aliphatic carbocycles. The predicted octanol–water partition coefficient (Wildman–Crippen LogP) is 2.86. The van der Waals surface area contributed by atoms with Gasteiger partial charge in [-0.3, -0.25) is 4.79 Å². The lowest BCUT2D eigenvalue weighted by molar-refractivity contribution is -0.114. The van der Waals surface area contributed by atoms with Crippen LogP contribution in [0.3, 0.4) is 0 Å². The zero-order valence-corrected chi connectivity index (χ0v) is 13.2. The van der Waals surface area contributed by atoms with E-state index in [1.165, 1.54) is 13.0 Å². The summed E-state index contributed by atoms with van der Waals surface area (Å²) in [6, 6.07) is 13.6. The molecule has 0 spiro atoms. The molecule has 0 aliphatic heterocycles. The number of anilines is 1. The van der Waals surface area contributed by atoms with Crippen LogP contribution in [0.25, 0.3) is 0 Å². The van der Waals surface area contributed by atoms with Gasteiger partial charge in [-0.1, -0.05) is 42.0 Å². The predicted molar refractivity (Wildman–Crippen MR) is 85.2 cm³/mol. The molecule has 6 heteroatoms. The maximum atomic E-state index is 12.2. The van der Waals surface area contributed by atoms with Gasteiger partial charge in [0, 0.05) is 6.92 Å². The van der Waals surface area contributed by atoms with Crippen molar-refractivity contribution in [3.63, 3.8) is 0 Å². The zero-order valence-electron chi connectivity index (χ0n) is 12.4. The summed E-state index contributed by atoms with van der Waals surface area (Å²) in [4.78, 5) is 11.1. The van der Waals surface area contributed by atoms with Crippen LogP contribution in [0.5, 0.6) is 5.75 Å². The summed E-state index contributed by atoms with van der Waals surface area (Å²) >= 11 is 0. The van der Waals surface area contributed by atoms with Crippen molar-refractivity contribution in [3.8, 4) is 5.75 Å². The second-order valence-electron chi connectivity index (χ2n) is 4.95. The molecule has 0 unspecified atom stereocenters. The van der Waals surface area contributed by atoms with Gasteiger partial charge in [0.05, 0.1) is 5.69 Å². The summed E-state index contributed by atoms with van der Waals surface area (Å²) < 4.78 is 29.5. The highest BCUT2D eigenvalue weighted by Crippen LogP contribution is 2.26. The van der Waals surface area contributed by atoms with E-state index in [-0.39, 0.29) is 17.4 Å². The first-order valence-corrected chi connectivity index (χ1v) is 8.28. The molecule has 116 valence electrons.